The molecule has 0 aliphatic heterocycles. The molecule has 6 nitrogen and oxygen atoms in total. The van der Waals surface area contributed by atoms with Gasteiger partial charge in [0.15, 0.2) is 5.78 Å². The molecule has 1 saturated carbocycles. The summed E-state index contributed by atoms with van der Waals surface area (Å²) in [7, 11) is 0. The zero-order valence-electron chi connectivity index (χ0n) is 14.4. The van der Waals surface area contributed by atoms with Gasteiger partial charge in [-0.2, -0.15) is 18.2 Å². The number of hydrogen-bond donors (Lipinski definition) is 3. The first kappa shape index (κ1) is 19.4. The van der Waals surface area contributed by atoms with Gasteiger partial charge in [-0.15, -0.1) is 0 Å². The van der Waals surface area contributed by atoms with Crippen LogP contribution >= 0.6 is 0 Å². The Balaban J connectivity index is 2.25. The van der Waals surface area contributed by atoms with Crippen LogP contribution in [0.4, 0.5) is 24.9 Å². The van der Waals surface area contributed by atoms with Crippen LogP contribution in [0.2, 0.25) is 0 Å². The van der Waals surface area contributed by atoms with Crippen LogP contribution in [0.1, 0.15) is 56.8 Å². The van der Waals surface area contributed by atoms with Crippen LogP contribution in [0.5, 0.6) is 0 Å². The fourth-order valence-electron chi connectivity index (χ4n) is 2.65. The lowest BCUT2D eigenvalue weighted by Crippen LogP contribution is -2.46. The molecule has 0 radical (unpaired) electrons. The van der Waals surface area contributed by atoms with E-state index in [-0.39, 0.29) is 29.2 Å². The summed E-state index contributed by atoms with van der Waals surface area (Å²) >= 11 is 0. The molecule has 0 aromatic carbocycles. The van der Waals surface area contributed by atoms with Crippen molar-refractivity contribution in [2.75, 3.05) is 10.6 Å². The number of nitrogens with zero attached hydrogens (tertiary/aromatic N) is 2. The second-order valence-electron chi connectivity index (χ2n) is 6.92. The molecule has 2 rings (SSSR count). The van der Waals surface area contributed by atoms with Gasteiger partial charge in [0.1, 0.15) is 11.4 Å². The first-order valence-electron chi connectivity index (χ1n) is 8.17. The van der Waals surface area contributed by atoms with Gasteiger partial charge in [0.25, 0.3) is 0 Å². The maximum absolute atomic E-state index is 13.0. The highest BCUT2D eigenvalue weighted by atomic mass is 19.4. The van der Waals surface area contributed by atoms with E-state index in [0.717, 1.165) is 26.7 Å². The number of Topliss-reactive ketones (excluding diaryl/α,β-unsaturated/α-hetero) is 1. The van der Waals surface area contributed by atoms with Crippen molar-refractivity contribution >= 4 is 17.5 Å². The van der Waals surface area contributed by atoms with E-state index in [0.29, 0.717) is 12.8 Å². The number of alkyl halides is 3. The van der Waals surface area contributed by atoms with Gasteiger partial charge < -0.3 is 15.7 Å². The Hall–Kier alpha value is -1.90. The van der Waals surface area contributed by atoms with Crippen molar-refractivity contribution in [3.63, 3.8) is 0 Å². The number of anilines is 2. The van der Waals surface area contributed by atoms with E-state index in [1.165, 1.54) is 13.1 Å². The van der Waals surface area contributed by atoms with Crippen LogP contribution in [-0.4, -0.2) is 44.7 Å². The van der Waals surface area contributed by atoms with Crippen molar-refractivity contribution in [1.29, 1.82) is 0 Å². The number of aromatic nitrogens is 2. The Bertz CT molecular complexity index is 634. The monoisotopic (exact) mass is 360 g/mol. The van der Waals surface area contributed by atoms with Crippen molar-refractivity contribution in [2.45, 2.75) is 70.3 Å². The summed E-state index contributed by atoms with van der Waals surface area (Å²) in [5, 5.41) is 15.1. The number of hydrogen-bond acceptors (Lipinski definition) is 6. The largest absolute Gasteiger partial charge is 0.410 e. The quantitative estimate of drug-likeness (QED) is 0.699. The van der Waals surface area contributed by atoms with E-state index in [1.807, 2.05) is 0 Å². The van der Waals surface area contributed by atoms with Crippen molar-refractivity contribution in [3.8, 4) is 0 Å². The molecule has 9 heteroatoms. The third kappa shape index (κ3) is 4.81. The van der Waals surface area contributed by atoms with Crippen LogP contribution in [0, 0.1) is 0 Å². The summed E-state index contributed by atoms with van der Waals surface area (Å²) in [4.78, 5) is 19.7. The number of halogens is 3. The molecule has 1 unspecified atom stereocenters. The first-order chi connectivity index (χ1) is 11.5. The van der Waals surface area contributed by atoms with E-state index in [4.69, 9.17) is 0 Å². The van der Waals surface area contributed by atoms with Gasteiger partial charge >= 0.3 is 6.18 Å². The van der Waals surface area contributed by atoms with Gasteiger partial charge in [0.2, 0.25) is 5.95 Å². The van der Waals surface area contributed by atoms with Crippen LogP contribution in [0.15, 0.2) is 6.20 Å². The molecule has 1 aliphatic carbocycles. The number of nitrogens with one attached hydrogen (secondary N) is 2. The lowest BCUT2D eigenvalue weighted by atomic mass is 9.93. The molecule has 0 saturated heterocycles. The predicted octanol–water partition coefficient (Wildman–Crippen LogP) is 3.15. The molecule has 1 heterocycles. The van der Waals surface area contributed by atoms with E-state index in [2.05, 4.69) is 20.6 Å². The van der Waals surface area contributed by atoms with Crippen molar-refractivity contribution in [2.24, 2.45) is 0 Å². The second kappa shape index (κ2) is 7.15. The van der Waals surface area contributed by atoms with E-state index >= 15 is 0 Å². The van der Waals surface area contributed by atoms with Crippen molar-refractivity contribution < 1.29 is 23.1 Å². The summed E-state index contributed by atoms with van der Waals surface area (Å²) in [6, 6.07) is -0.0970. The standard InChI is InChI=1S/C16H23F3N4O2/c1-9(24)12-8-20-14(23-15(2,3)16(17,18)19)22-13(12)21-10-5-4-6-11(25)7-10/h8,10-11,25H,4-7H2,1-3H3,(H2,20,21,22,23)/t10?,11-/m0/s1. The molecule has 2 atom stereocenters. The van der Waals surface area contributed by atoms with Crippen LogP contribution in [0.3, 0.4) is 0 Å². The zero-order valence-corrected chi connectivity index (χ0v) is 14.4. The first-order valence-corrected chi connectivity index (χ1v) is 8.17. The fraction of sp³-hybridized carbons (Fsp3) is 0.688. The third-order valence-corrected chi connectivity index (χ3v) is 4.29. The molecule has 1 aromatic rings. The van der Waals surface area contributed by atoms with E-state index < -0.39 is 17.8 Å². The minimum absolute atomic E-state index is 0.0970. The lowest BCUT2D eigenvalue weighted by molar-refractivity contribution is -0.168. The smallest absolute Gasteiger partial charge is 0.393 e. The summed E-state index contributed by atoms with van der Waals surface area (Å²) in [5.41, 5.74) is -2.02. The Morgan fingerprint density at radius 1 is 1.32 bits per heavy atom. The Kier molecular flexibility index (Phi) is 5.55. The van der Waals surface area contributed by atoms with Gasteiger partial charge in [-0.3, -0.25) is 4.79 Å². The minimum Gasteiger partial charge on any atom is -0.393 e. The fourth-order valence-corrected chi connectivity index (χ4v) is 2.65. The number of rotatable bonds is 5. The molecule has 140 valence electrons. The number of aliphatic hydroxyl groups excluding tert-OH is 1. The summed E-state index contributed by atoms with van der Waals surface area (Å²) in [5.74, 6) is -0.325. The molecule has 3 N–H and O–H groups in total. The van der Waals surface area contributed by atoms with Crippen LogP contribution < -0.4 is 10.6 Å². The number of aliphatic hydroxyl groups is 1. The topological polar surface area (TPSA) is 87.1 Å². The zero-order chi connectivity index (χ0) is 18.8. The normalized spacial score (nSPS) is 21.7. The molecular formula is C16H23F3N4O2. The Morgan fingerprint density at radius 3 is 2.56 bits per heavy atom. The van der Waals surface area contributed by atoms with Gasteiger partial charge in [-0.05, 0) is 46.5 Å². The average molecular weight is 360 g/mol. The molecule has 1 fully saturated rings. The molecule has 25 heavy (non-hydrogen) atoms. The van der Waals surface area contributed by atoms with Gasteiger partial charge in [0.05, 0.1) is 11.7 Å². The molecule has 1 aromatic heterocycles. The maximum atomic E-state index is 13.0. The highest BCUT2D eigenvalue weighted by Crippen LogP contribution is 2.32. The summed E-state index contributed by atoms with van der Waals surface area (Å²) in [6.07, 6.45) is -0.884. The molecule has 0 spiro atoms. The van der Waals surface area contributed by atoms with E-state index in [9.17, 15) is 23.1 Å². The maximum Gasteiger partial charge on any atom is 0.410 e. The van der Waals surface area contributed by atoms with Crippen LogP contribution in [0.25, 0.3) is 0 Å². The van der Waals surface area contributed by atoms with E-state index in [1.54, 1.807) is 0 Å². The predicted molar refractivity (Wildman–Crippen MR) is 87.7 cm³/mol. The number of ketones is 1. The van der Waals surface area contributed by atoms with Gasteiger partial charge in [0, 0.05) is 12.2 Å². The Labute approximate surface area is 144 Å². The SMILES string of the molecule is CC(=O)c1cnc(NC(C)(C)C(F)(F)F)nc1NC1CCC[C@H](O)C1. The summed E-state index contributed by atoms with van der Waals surface area (Å²) < 4.78 is 39.1. The highest BCUT2D eigenvalue weighted by molar-refractivity contribution is 5.98. The van der Waals surface area contributed by atoms with Crippen molar-refractivity contribution in [1.82, 2.24) is 9.97 Å². The Morgan fingerprint density at radius 2 is 2.00 bits per heavy atom. The minimum atomic E-state index is -4.49. The lowest BCUT2D eigenvalue weighted by Gasteiger charge is -2.30. The van der Waals surface area contributed by atoms with Gasteiger partial charge in [-0.25, -0.2) is 4.98 Å². The van der Waals surface area contributed by atoms with Crippen LogP contribution in [-0.2, 0) is 0 Å². The molecule has 1 aliphatic rings. The average Bonchev–Trinajstić information content (AvgIpc) is 2.45. The second-order valence-corrected chi connectivity index (χ2v) is 6.92. The highest BCUT2D eigenvalue weighted by Gasteiger charge is 2.48. The van der Waals surface area contributed by atoms with Gasteiger partial charge in [-0.1, -0.05) is 0 Å². The molecule has 0 amide bonds. The summed E-state index contributed by atoms with van der Waals surface area (Å²) in [6.45, 7) is 3.31. The number of carbonyl (C=O) groups is 1. The third-order valence-electron chi connectivity index (χ3n) is 4.29. The molecular weight excluding hydrogens is 337 g/mol. The molecule has 0 bridgehead atoms. The van der Waals surface area contributed by atoms with Crippen molar-refractivity contribution in [3.05, 3.63) is 11.8 Å². The number of carbonyl (C=O) groups excluding carboxylic acids is 1.